The molecule has 1 unspecified atom stereocenters. The molecule has 0 amide bonds. The van der Waals surface area contributed by atoms with E-state index < -0.39 is 0 Å². The van der Waals surface area contributed by atoms with Crippen LogP contribution < -0.4 is 5.32 Å². The minimum atomic E-state index is -0.232. The second-order valence-corrected chi connectivity index (χ2v) is 6.82. The number of hydrogen-bond acceptors (Lipinski definition) is 5. The van der Waals surface area contributed by atoms with E-state index in [9.17, 15) is 0 Å². The van der Waals surface area contributed by atoms with Crippen LogP contribution in [0.3, 0.4) is 0 Å². The molecule has 1 N–H and O–H groups in total. The number of benzene rings is 1. The van der Waals surface area contributed by atoms with Crippen molar-refractivity contribution in [3.63, 3.8) is 0 Å². The molecule has 1 aliphatic heterocycles. The first-order chi connectivity index (χ1) is 11.3. The van der Waals surface area contributed by atoms with E-state index in [1.807, 2.05) is 24.3 Å². The standard InChI is InChI=1S/C17H20ClN3O2/c18-12-5-7-13(8-6-12)20-17(9-3-10-17)16-19-15(23-21-16)14-4-1-2-11-22-14/h5-8,14,20H,1-4,9-11H2. The summed E-state index contributed by atoms with van der Waals surface area (Å²) in [6.07, 6.45) is 6.33. The summed E-state index contributed by atoms with van der Waals surface area (Å²) in [5.74, 6) is 1.35. The first kappa shape index (κ1) is 15.0. The van der Waals surface area contributed by atoms with Crippen LogP contribution in [0.2, 0.25) is 5.02 Å². The van der Waals surface area contributed by atoms with Gasteiger partial charge in [-0.2, -0.15) is 4.98 Å². The molecule has 2 fully saturated rings. The molecule has 1 saturated heterocycles. The second-order valence-electron chi connectivity index (χ2n) is 6.38. The van der Waals surface area contributed by atoms with Gasteiger partial charge in [0.25, 0.3) is 5.89 Å². The molecule has 1 atom stereocenters. The van der Waals surface area contributed by atoms with E-state index in [2.05, 4.69) is 15.5 Å². The van der Waals surface area contributed by atoms with Crippen molar-refractivity contribution in [3.8, 4) is 0 Å². The third kappa shape index (κ3) is 2.95. The molecule has 1 aromatic carbocycles. The molecule has 6 heteroatoms. The Labute approximate surface area is 140 Å². The second kappa shape index (κ2) is 6.13. The molecule has 122 valence electrons. The van der Waals surface area contributed by atoms with E-state index >= 15 is 0 Å². The third-order valence-corrected chi connectivity index (χ3v) is 5.01. The van der Waals surface area contributed by atoms with Crippen LogP contribution in [-0.2, 0) is 10.3 Å². The van der Waals surface area contributed by atoms with Gasteiger partial charge in [-0.1, -0.05) is 16.8 Å². The van der Waals surface area contributed by atoms with E-state index in [1.165, 1.54) is 0 Å². The van der Waals surface area contributed by atoms with Gasteiger partial charge >= 0.3 is 0 Å². The molecule has 0 spiro atoms. The number of nitrogens with one attached hydrogen (secondary N) is 1. The molecule has 2 aliphatic rings. The Hall–Kier alpha value is -1.59. The molecule has 1 saturated carbocycles. The maximum atomic E-state index is 5.96. The molecule has 23 heavy (non-hydrogen) atoms. The number of rotatable bonds is 4. The summed E-state index contributed by atoms with van der Waals surface area (Å²) in [4.78, 5) is 4.65. The van der Waals surface area contributed by atoms with Crippen molar-refractivity contribution < 1.29 is 9.26 Å². The molecule has 4 rings (SSSR count). The molecule has 2 heterocycles. The van der Waals surface area contributed by atoms with E-state index in [4.69, 9.17) is 20.9 Å². The fourth-order valence-corrected chi connectivity index (χ4v) is 3.37. The van der Waals surface area contributed by atoms with Crippen LogP contribution in [-0.4, -0.2) is 16.7 Å². The highest BCUT2D eigenvalue weighted by Gasteiger charge is 2.43. The van der Waals surface area contributed by atoms with Gasteiger partial charge in [0.2, 0.25) is 0 Å². The van der Waals surface area contributed by atoms with Crippen molar-refractivity contribution in [1.82, 2.24) is 10.1 Å². The van der Waals surface area contributed by atoms with Crippen molar-refractivity contribution in [1.29, 1.82) is 0 Å². The summed E-state index contributed by atoms with van der Waals surface area (Å²) in [5, 5.41) is 8.54. The number of hydrogen-bond donors (Lipinski definition) is 1. The number of nitrogens with zero attached hydrogens (tertiary/aromatic N) is 2. The van der Waals surface area contributed by atoms with Gasteiger partial charge in [0.05, 0.1) is 0 Å². The van der Waals surface area contributed by atoms with Gasteiger partial charge in [-0.15, -0.1) is 0 Å². The molecular weight excluding hydrogens is 314 g/mol. The van der Waals surface area contributed by atoms with Gasteiger partial charge in [-0.25, -0.2) is 0 Å². The molecule has 1 aliphatic carbocycles. The molecule has 5 nitrogen and oxygen atoms in total. The predicted molar refractivity (Wildman–Crippen MR) is 87.4 cm³/mol. The van der Waals surface area contributed by atoms with Crippen molar-refractivity contribution in [2.24, 2.45) is 0 Å². The number of halogens is 1. The highest BCUT2D eigenvalue weighted by molar-refractivity contribution is 6.30. The third-order valence-electron chi connectivity index (χ3n) is 4.76. The molecule has 1 aromatic heterocycles. The van der Waals surface area contributed by atoms with Crippen LogP contribution in [0.15, 0.2) is 28.8 Å². The number of ether oxygens (including phenoxy) is 1. The maximum absolute atomic E-state index is 5.96. The van der Waals surface area contributed by atoms with Gasteiger partial charge in [0.1, 0.15) is 11.6 Å². The normalized spacial score (nSPS) is 23.3. The first-order valence-electron chi connectivity index (χ1n) is 8.25. The van der Waals surface area contributed by atoms with Crippen molar-refractivity contribution in [3.05, 3.63) is 41.0 Å². The predicted octanol–water partition coefficient (Wildman–Crippen LogP) is 4.46. The zero-order chi connectivity index (χ0) is 15.7. The van der Waals surface area contributed by atoms with Gasteiger partial charge in [0, 0.05) is 17.3 Å². The zero-order valence-electron chi connectivity index (χ0n) is 12.9. The summed E-state index contributed by atoms with van der Waals surface area (Å²) in [7, 11) is 0. The maximum Gasteiger partial charge on any atom is 0.255 e. The lowest BCUT2D eigenvalue weighted by Gasteiger charge is -2.40. The SMILES string of the molecule is Clc1ccc(NC2(c3noc(C4CCCCO4)n3)CCC2)cc1. The van der Waals surface area contributed by atoms with Crippen LogP contribution in [0.5, 0.6) is 0 Å². The van der Waals surface area contributed by atoms with Gasteiger partial charge in [-0.05, 0) is 62.8 Å². The van der Waals surface area contributed by atoms with E-state index in [1.54, 1.807) is 0 Å². The fraction of sp³-hybridized carbons (Fsp3) is 0.529. The van der Waals surface area contributed by atoms with E-state index in [0.29, 0.717) is 5.89 Å². The van der Waals surface area contributed by atoms with Crippen molar-refractivity contribution in [2.75, 3.05) is 11.9 Å². The van der Waals surface area contributed by atoms with Gasteiger partial charge in [0.15, 0.2) is 5.82 Å². The lowest BCUT2D eigenvalue weighted by Crippen LogP contribution is -2.43. The summed E-state index contributed by atoms with van der Waals surface area (Å²) < 4.78 is 11.2. The molecular formula is C17H20ClN3O2. The Balaban J connectivity index is 1.54. The minimum absolute atomic E-state index is 0.0438. The summed E-state index contributed by atoms with van der Waals surface area (Å²) >= 11 is 5.96. The van der Waals surface area contributed by atoms with Gasteiger partial charge < -0.3 is 14.6 Å². The average molecular weight is 334 g/mol. The molecule has 2 aromatic rings. The number of anilines is 1. The van der Waals surface area contributed by atoms with Crippen LogP contribution >= 0.6 is 11.6 Å². The quantitative estimate of drug-likeness (QED) is 0.895. The fourth-order valence-electron chi connectivity index (χ4n) is 3.24. The highest BCUT2D eigenvalue weighted by Crippen LogP contribution is 2.43. The van der Waals surface area contributed by atoms with E-state index in [-0.39, 0.29) is 11.6 Å². The lowest BCUT2D eigenvalue weighted by atomic mass is 9.76. The Morgan fingerprint density at radius 1 is 1.13 bits per heavy atom. The Morgan fingerprint density at radius 2 is 1.96 bits per heavy atom. The molecule has 0 bridgehead atoms. The first-order valence-corrected chi connectivity index (χ1v) is 8.62. The smallest absolute Gasteiger partial charge is 0.255 e. The summed E-state index contributed by atoms with van der Waals surface area (Å²) in [6.45, 7) is 0.774. The largest absolute Gasteiger partial charge is 0.372 e. The summed E-state index contributed by atoms with van der Waals surface area (Å²) in [5.41, 5.74) is 0.791. The summed E-state index contributed by atoms with van der Waals surface area (Å²) in [6, 6.07) is 7.73. The average Bonchev–Trinajstić information content (AvgIpc) is 3.04. The Bertz CT molecular complexity index is 661. The zero-order valence-corrected chi connectivity index (χ0v) is 13.7. The lowest BCUT2D eigenvalue weighted by molar-refractivity contribution is -0.00459. The van der Waals surface area contributed by atoms with Gasteiger partial charge in [-0.3, -0.25) is 0 Å². The van der Waals surface area contributed by atoms with Crippen molar-refractivity contribution >= 4 is 17.3 Å². The van der Waals surface area contributed by atoms with E-state index in [0.717, 1.165) is 61.7 Å². The Morgan fingerprint density at radius 3 is 2.61 bits per heavy atom. The molecule has 0 radical (unpaired) electrons. The van der Waals surface area contributed by atoms with Crippen LogP contribution in [0.1, 0.15) is 56.3 Å². The topological polar surface area (TPSA) is 60.2 Å². The Kier molecular flexibility index (Phi) is 3.99. The van der Waals surface area contributed by atoms with Crippen LogP contribution in [0, 0.1) is 0 Å². The minimum Gasteiger partial charge on any atom is -0.372 e. The number of aromatic nitrogens is 2. The monoisotopic (exact) mass is 333 g/mol. The highest BCUT2D eigenvalue weighted by atomic mass is 35.5. The van der Waals surface area contributed by atoms with Crippen molar-refractivity contribution in [2.45, 2.75) is 50.2 Å². The van der Waals surface area contributed by atoms with Crippen LogP contribution in [0.4, 0.5) is 5.69 Å². The van der Waals surface area contributed by atoms with Crippen LogP contribution in [0.25, 0.3) is 0 Å².